The lowest BCUT2D eigenvalue weighted by Crippen LogP contribution is -2.74. The number of aliphatic carboxylic acids is 1. The van der Waals surface area contributed by atoms with Gasteiger partial charge in [0.1, 0.15) is 11.7 Å². The fourth-order valence-corrected chi connectivity index (χ4v) is 5.65. The second kappa shape index (κ2) is 12.2. The number of nitrogens with zero attached hydrogens (tertiary/aromatic N) is 4. The summed E-state index contributed by atoms with van der Waals surface area (Å²) in [5, 5.41) is 28.4. The van der Waals surface area contributed by atoms with Crippen LogP contribution in [0.4, 0.5) is 5.13 Å². The largest absolute Gasteiger partial charge is 0.503 e. The number of carbonyl (C=O) groups excluding carboxylic acids is 3. The lowest BCUT2D eigenvalue weighted by molar-refractivity contribution is -0.161. The van der Waals surface area contributed by atoms with Crippen molar-refractivity contribution in [1.29, 1.82) is 0 Å². The number of aromatic nitrogens is 2. The molecule has 238 valence electrons. The van der Waals surface area contributed by atoms with Gasteiger partial charge in [0, 0.05) is 49.5 Å². The monoisotopic (exact) mass is 656 g/mol. The first-order chi connectivity index (χ1) is 20.5. The molecule has 0 aromatic carbocycles. The molecule has 2 aliphatic rings. The first-order valence-electron chi connectivity index (χ1n) is 12.7. The van der Waals surface area contributed by atoms with Gasteiger partial charge in [0.25, 0.3) is 11.8 Å². The van der Waals surface area contributed by atoms with Gasteiger partial charge in [0.05, 0.1) is 12.0 Å². The first kappa shape index (κ1) is 32.3. The molecule has 0 spiro atoms. The summed E-state index contributed by atoms with van der Waals surface area (Å²) in [5.41, 5.74) is 3.02. The third-order valence-electron chi connectivity index (χ3n) is 6.72. The topological polar surface area (TPSA) is 287 Å². The Morgan fingerprint density at radius 3 is 2.55 bits per heavy atom. The molecule has 4 rings (SSSR count). The normalized spacial score (nSPS) is 19.6. The molecule has 2 aliphatic heterocycles. The molecular weight excluding hydrogens is 628 g/mol. The highest BCUT2D eigenvalue weighted by Crippen LogP contribution is 2.25. The van der Waals surface area contributed by atoms with E-state index in [2.05, 4.69) is 25.8 Å². The molecule has 2 unspecified atom stereocenters. The smallest absolute Gasteiger partial charge is 0.362 e. The summed E-state index contributed by atoms with van der Waals surface area (Å²) in [7, 11) is -5.07. The lowest BCUT2D eigenvalue weighted by atomic mass is 9.96. The minimum absolute atomic E-state index is 0.0294. The maximum Gasteiger partial charge on any atom is 0.362 e. The molecule has 21 heteroatoms. The summed E-state index contributed by atoms with van der Waals surface area (Å²) in [6.45, 7) is 2.71. The van der Waals surface area contributed by atoms with Crippen molar-refractivity contribution < 1.29 is 47.2 Å². The van der Waals surface area contributed by atoms with Gasteiger partial charge in [0.15, 0.2) is 16.6 Å². The summed E-state index contributed by atoms with van der Waals surface area (Å²) in [4.78, 5) is 75.1. The predicted molar refractivity (Wildman–Crippen MR) is 150 cm³/mol. The third-order valence-corrected chi connectivity index (χ3v) is 8.35. The van der Waals surface area contributed by atoms with Crippen LogP contribution in [-0.2, 0) is 40.9 Å². The Morgan fingerprint density at radius 1 is 1.30 bits per heavy atom. The number of likely N-dealkylation sites (tertiary alicyclic amines) is 1. The standard InChI is InChI=1S/C23H28N8O11S2/c1-23(2,21(37)38)42-29-16(12-9-43-22(24)27-12)19(35)28-17-13(31(20(17)36)44(39,40)41)4-26-18(34)10-6-30(7-10)8-11-3-14(32)15(33)5-25-11/h3,5,9-10,13,17,33H,4,6-8H2,1-2H3,(H2,24,27)(H,25,32)(H,26,34)(H,28,35)(H,37,38)(H,39,40,41)/b29-16-. The fourth-order valence-electron chi connectivity index (χ4n) is 4.22. The number of H-pyrrole nitrogens is 1. The third kappa shape index (κ3) is 6.96. The Balaban J connectivity index is 1.42. The molecule has 0 radical (unpaired) electrons. The number of nitrogens with one attached hydrogen (secondary N) is 3. The second-order valence-corrected chi connectivity index (χ2v) is 12.6. The van der Waals surface area contributed by atoms with Gasteiger partial charge in [-0.25, -0.2) is 14.1 Å². The van der Waals surface area contributed by atoms with E-state index in [0.717, 1.165) is 31.4 Å². The first-order valence-corrected chi connectivity index (χ1v) is 15.0. The number of nitrogens with two attached hydrogens (primary N) is 1. The van der Waals surface area contributed by atoms with Crippen LogP contribution in [0.25, 0.3) is 0 Å². The molecule has 2 saturated heterocycles. The number of hydrogen-bond donors (Lipinski definition) is 7. The number of pyridine rings is 1. The maximum atomic E-state index is 13.2. The van der Waals surface area contributed by atoms with E-state index in [1.807, 2.05) is 4.90 Å². The Hall–Kier alpha value is -4.60. The Kier molecular flexibility index (Phi) is 8.95. The van der Waals surface area contributed by atoms with Crippen molar-refractivity contribution in [2.24, 2.45) is 11.1 Å². The van der Waals surface area contributed by atoms with E-state index in [0.29, 0.717) is 12.2 Å². The number of β-lactam (4-membered cyclic amide) rings is 1. The number of aromatic hydroxyl groups is 1. The number of amides is 3. The van der Waals surface area contributed by atoms with Gasteiger partial charge in [0.2, 0.25) is 16.9 Å². The quantitative estimate of drug-likeness (QED) is 0.0536. The Morgan fingerprint density at radius 2 is 1.98 bits per heavy atom. The molecule has 44 heavy (non-hydrogen) atoms. The highest BCUT2D eigenvalue weighted by atomic mass is 32.2. The number of anilines is 1. The number of carboxylic acid groups (broad SMARTS) is 1. The molecule has 0 bridgehead atoms. The number of nitrogen functional groups attached to an aromatic ring is 1. The molecule has 19 nitrogen and oxygen atoms in total. The molecular formula is C23H28N8O11S2. The zero-order valence-corrected chi connectivity index (χ0v) is 24.7. The SMILES string of the molecule is CC(C)(O/N=C(\C(=O)NC1C(=O)N(S(=O)(=O)O)C1CNC(=O)C1CN(Cc2cc(=O)c(O)c[nH]2)C1)c1csc(N)n1)C(=O)O. The maximum absolute atomic E-state index is 13.2. The number of oxime groups is 1. The molecule has 2 aromatic rings. The molecule has 4 heterocycles. The minimum Gasteiger partial charge on any atom is -0.503 e. The van der Waals surface area contributed by atoms with Gasteiger partial charge in [-0.2, -0.15) is 8.42 Å². The zero-order chi connectivity index (χ0) is 32.6. The van der Waals surface area contributed by atoms with Gasteiger partial charge in [-0.1, -0.05) is 5.16 Å². The molecule has 0 saturated carbocycles. The van der Waals surface area contributed by atoms with Crippen LogP contribution >= 0.6 is 11.3 Å². The molecule has 8 N–H and O–H groups in total. The highest BCUT2D eigenvalue weighted by molar-refractivity contribution is 7.84. The van der Waals surface area contributed by atoms with E-state index >= 15 is 0 Å². The lowest BCUT2D eigenvalue weighted by Gasteiger charge is -2.44. The molecule has 3 amide bonds. The number of hydrogen-bond acceptors (Lipinski definition) is 14. The summed E-state index contributed by atoms with van der Waals surface area (Å²) < 4.78 is 33.4. The van der Waals surface area contributed by atoms with Crippen LogP contribution in [0.2, 0.25) is 0 Å². The van der Waals surface area contributed by atoms with Crippen molar-refractivity contribution in [3.8, 4) is 5.75 Å². The zero-order valence-electron chi connectivity index (χ0n) is 23.1. The van der Waals surface area contributed by atoms with Crippen molar-refractivity contribution in [3.05, 3.63) is 39.3 Å². The van der Waals surface area contributed by atoms with Gasteiger partial charge in [-0.05, 0) is 13.8 Å². The molecule has 2 atom stereocenters. The average molecular weight is 657 g/mol. The summed E-state index contributed by atoms with van der Waals surface area (Å²) in [5.74, 6) is -5.17. The van der Waals surface area contributed by atoms with Gasteiger partial charge in [-0.15, -0.1) is 11.3 Å². The van der Waals surface area contributed by atoms with Crippen LogP contribution in [0.5, 0.6) is 5.75 Å². The van der Waals surface area contributed by atoms with Crippen molar-refractivity contribution >= 4 is 56.2 Å². The fraction of sp³-hybridized carbons (Fsp3) is 0.435. The predicted octanol–water partition coefficient (Wildman–Crippen LogP) is -2.55. The van der Waals surface area contributed by atoms with E-state index in [1.165, 1.54) is 11.4 Å². The van der Waals surface area contributed by atoms with Crippen LogP contribution in [0, 0.1) is 5.92 Å². The second-order valence-electron chi connectivity index (χ2n) is 10.4. The van der Waals surface area contributed by atoms with Crippen molar-refractivity contribution in [1.82, 2.24) is 29.8 Å². The van der Waals surface area contributed by atoms with Crippen LogP contribution in [0.3, 0.4) is 0 Å². The van der Waals surface area contributed by atoms with Gasteiger partial charge < -0.3 is 36.4 Å². The average Bonchev–Trinajstić information content (AvgIpc) is 3.33. The Labute approximate surface area is 252 Å². The van der Waals surface area contributed by atoms with Crippen LogP contribution in [0.1, 0.15) is 25.2 Å². The van der Waals surface area contributed by atoms with E-state index in [-0.39, 0.29) is 28.2 Å². The van der Waals surface area contributed by atoms with Crippen molar-refractivity contribution in [3.63, 3.8) is 0 Å². The van der Waals surface area contributed by atoms with Crippen LogP contribution in [-0.4, -0.2) is 109 Å². The van der Waals surface area contributed by atoms with E-state index in [4.69, 9.17) is 10.6 Å². The van der Waals surface area contributed by atoms with E-state index in [9.17, 15) is 47.2 Å². The summed E-state index contributed by atoms with van der Waals surface area (Å²) >= 11 is 0.926. The Bertz CT molecular complexity index is 1680. The van der Waals surface area contributed by atoms with E-state index < -0.39 is 81.0 Å². The van der Waals surface area contributed by atoms with E-state index in [1.54, 1.807) is 0 Å². The molecule has 0 aliphatic carbocycles. The summed E-state index contributed by atoms with van der Waals surface area (Å²) in [6.07, 6.45) is 1.16. The highest BCUT2D eigenvalue weighted by Gasteiger charge is 2.54. The van der Waals surface area contributed by atoms with Crippen LogP contribution < -0.4 is 21.8 Å². The number of aromatic amines is 1. The van der Waals surface area contributed by atoms with Crippen LogP contribution in [0.15, 0.2) is 27.6 Å². The number of rotatable bonds is 12. The number of carboxylic acids is 1. The van der Waals surface area contributed by atoms with Crippen molar-refractivity contribution in [2.45, 2.75) is 38.1 Å². The van der Waals surface area contributed by atoms with Crippen molar-refractivity contribution in [2.75, 3.05) is 25.4 Å². The summed E-state index contributed by atoms with van der Waals surface area (Å²) in [6, 6.07) is -1.75. The van der Waals surface area contributed by atoms with Gasteiger partial charge in [-0.3, -0.25) is 28.6 Å². The minimum atomic E-state index is -5.07. The number of thiazole rings is 1. The van der Waals surface area contributed by atoms with Gasteiger partial charge >= 0.3 is 16.3 Å². The number of carbonyl (C=O) groups is 4. The molecule has 2 fully saturated rings. The molecule has 2 aromatic heterocycles.